The molecule has 2 aromatic rings. The molecule has 0 unspecified atom stereocenters. The second kappa shape index (κ2) is 7.29. The summed E-state index contributed by atoms with van der Waals surface area (Å²) in [5.74, 6) is -2.27. The molecule has 2 aromatic carbocycles. The number of carbonyl (C=O) groups is 2. The van der Waals surface area contributed by atoms with Crippen molar-refractivity contribution < 1.29 is 18.4 Å². The molecule has 1 heterocycles. The maximum atomic E-state index is 13.7. The third kappa shape index (κ3) is 4.12. The Morgan fingerprint density at radius 1 is 0.920 bits per heavy atom. The van der Waals surface area contributed by atoms with Crippen molar-refractivity contribution in [3.63, 3.8) is 0 Å². The Balaban J connectivity index is 1.69. The summed E-state index contributed by atoms with van der Waals surface area (Å²) in [6.45, 7) is 1.45. The summed E-state index contributed by atoms with van der Waals surface area (Å²) in [5.41, 5.74) is 0.494. The molecular formula is C18H17F2N3O2. The Labute approximate surface area is 143 Å². The van der Waals surface area contributed by atoms with Crippen LogP contribution in [0.4, 0.5) is 25.0 Å². The van der Waals surface area contributed by atoms with E-state index in [1.807, 2.05) is 0 Å². The van der Waals surface area contributed by atoms with E-state index >= 15 is 0 Å². The van der Waals surface area contributed by atoms with Gasteiger partial charge in [-0.05, 0) is 49.2 Å². The van der Waals surface area contributed by atoms with Gasteiger partial charge in [-0.2, -0.15) is 0 Å². The van der Waals surface area contributed by atoms with Gasteiger partial charge in [-0.3, -0.25) is 4.79 Å². The zero-order valence-corrected chi connectivity index (χ0v) is 13.4. The molecule has 1 aliphatic rings. The zero-order chi connectivity index (χ0) is 17.8. The van der Waals surface area contributed by atoms with Crippen LogP contribution < -0.4 is 10.6 Å². The Morgan fingerprint density at radius 3 is 2.32 bits per heavy atom. The summed E-state index contributed by atoms with van der Waals surface area (Å²) in [6, 6.07) is 8.98. The Hall–Kier alpha value is -2.96. The number of nitrogens with zero attached hydrogens (tertiary/aromatic N) is 1. The molecule has 0 aromatic heterocycles. The van der Waals surface area contributed by atoms with Crippen LogP contribution in [0.15, 0.2) is 42.5 Å². The number of hydrogen-bond acceptors (Lipinski definition) is 2. The maximum absolute atomic E-state index is 13.7. The summed E-state index contributed by atoms with van der Waals surface area (Å²) >= 11 is 0. The van der Waals surface area contributed by atoms with Crippen LogP contribution in [0.1, 0.15) is 23.2 Å². The second-order valence-corrected chi connectivity index (χ2v) is 5.78. The van der Waals surface area contributed by atoms with Gasteiger partial charge in [-0.15, -0.1) is 0 Å². The van der Waals surface area contributed by atoms with Crippen LogP contribution in [0.25, 0.3) is 0 Å². The van der Waals surface area contributed by atoms with Crippen molar-refractivity contribution in [2.24, 2.45) is 0 Å². The van der Waals surface area contributed by atoms with Crippen LogP contribution >= 0.6 is 0 Å². The Kier molecular flexibility index (Phi) is 4.92. The van der Waals surface area contributed by atoms with E-state index in [1.165, 1.54) is 0 Å². The number of rotatable bonds is 3. The van der Waals surface area contributed by atoms with Gasteiger partial charge in [0.15, 0.2) is 0 Å². The van der Waals surface area contributed by atoms with Crippen LogP contribution in [0.2, 0.25) is 0 Å². The summed E-state index contributed by atoms with van der Waals surface area (Å²) in [7, 11) is 0. The van der Waals surface area contributed by atoms with Crippen LogP contribution in [-0.4, -0.2) is 29.9 Å². The number of likely N-dealkylation sites (tertiary alicyclic amines) is 1. The van der Waals surface area contributed by atoms with Crippen LogP contribution in [0.5, 0.6) is 0 Å². The minimum Gasteiger partial charge on any atom is -0.325 e. The summed E-state index contributed by atoms with van der Waals surface area (Å²) < 4.78 is 26.9. The van der Waals surface area contributed by atoms with Crippen molar-refractivity contribution in [2.45, 2.75) is 12.8 Å². The SMILES string of the molecule is O=C(Nc1cccc(NC(=O)N2CCCC2)c1)c1cc(F)ccc1F. The van der Waals surface area contributed by atoms with Crippen molar-refractivity contribution in [2.75, 3.05) is 23.7 Å². The lowest BCUT2D eigenvalue weighted by atomic mass is 10.2. The quantitative estimate of drug-likeness (QED) is 0.888. The monoisotopic (exact) mass is 345 g/mol. The fourth-order valence-electron chi connectivity index (χ4n) is 2.67. The average molecular weight is 345 g/mol. The topological polar surface area (TPSA) is 61.4 Å². The number of halogens is 2. The molecular weight excluding hydrogens is 328 g/mol. The summed E-state index contributed by atoms with van der Waals surface area (Å²) in [5, 5.41) is 5.26. The first-order chi connectivity index (χ1) is 12.0. The highest BCUT2D eigenvalue weighted by molar-refractivity contribution is 6.04. The second-order valence-electron chi connectivity index (χ2n) is 5.78. The van der Waals surface area contributed by atoms with E-state index in [1.54, 1.807) is 29.2 Å². The number of carbonyl (C=O) groups excluding carboxylic acids is 2. The number of urea groups is 1. The lowest BCUT2D eigenvalue weighted by molar-refractivity contribution is 0.102. The first kappa shape index (κ1) is 16.9. The average Bonchev–Trinajstić information content (AvgIpc) is 3.12. The van der Waals surface area contributed by atoms with E-state index in [0.717, 1.165) is 44.1 Å². The van der Waals surface area contributed by atoms with E-state index in [-0.39, 0.29) is 11.6 Å². The third-order valence-electron chi connectivity index (χ3n) is 3.94. The van der Waals surface area contributed by atoms with E-state index in [4.69, 9.17) is 0 Å². The molecule has 3 rings (SSSR count). The van der Waals surface area contributed by atoms with E-state index in [9.17, 15) is 18.4 Å². The number of hydrogen-bond donors (Lipinski definition) is 2. The molecule has 0 aliphatic carbocycles. The molecule has 7 heteroatoms. The summed E-state index contributed by atoms with van der Waals surface area (Å²) in [6.07, 6.45) is 1.98. The third-order valence-corrected chi connectivity index (χ3v) is 3.94. The summed E-state index contributed by atoms with van der Waals surface area (Å²) in [4.78, 5) is 25.9. The van der Waals surface area contributed by atoms with E-state index < -0.39 is 17.5 Å². The van der Waals surface area contributed by atoms with E-state index in [2.05, 4.69) is 10.6 Å². The van der Waals surface area contributed by atoms with Crippen molar-refractivity contribution in [1.82, 2.24) is 4.90 Å². The van der Waals surface area contributed by atoms with Crippen molar-refractivity contribution in [3.8, 4) is 0 Å². The zero-order valence-electron chi connectivity index (χ0n) is 13.4. The lowest BCUT2D eigenvalue weighted by Gasteiger charge is -2.16. The highest BCUT2D eigenvalue weighted by atomic mass is 19.1. The van der Waals surface area contributed by atoms with E-state index in [0.29, 0.717) is 11.4 Å². The highest BCUT2D eigenvalue weighted by Crippen LogP contribution is 2.19. The van der Waals surface area contributed by atoms with Crippen LogP contribution in [0, 0.1) is 11.6 Å². The number of benzene rings is 2. The van der Waals surface area contributed by atoms with Gasteiger partial charge in [0, 0.05) is 24.5 Å². The van der Waals surface area contributed by atoms with Gasteiger partial charge < -0.3 is 15.5 Å². The molecule has 25 heavy (non-hydrogen) atoms. The molecule has 0 spiro atoms. The Morgan fingerprint density at radius 2 is 1.60 bits per heavy atom. The predicted octanol–water partition coefficient (Wildman–Crippen LogP) is 3.84. The van der Waals surface area contributed by atoms with Crippen molar-refractivity contribution >= 4 is 23.3 Å². The molecule has 0 atom stereocenters. The molecule has 1 saturated heterocycles. The van der Waals surface area contributed by atoms with Gasteiger partial charge >= 0.3 is 6.03 Å². The van der Waals surface area contributed by atoms with Gasteiger partial charge in [0.25, 0.3) is 5.91 Å². The van der Waals surface area contributed by atoms with Crippen LogP contribution in [-0.2, 0) is 0 Å². The fourth-order valence-corrected chi connectivity index (χ4v) is 2.67. The van der Waals surface area contributed by atoms with Crippen molar-refractivity contribution in [1.29, 1.82) is 0 Å². The van der Waals surface area contributed by atoms with Gasteiger partial charge in [-0.1, -0.05) is 6.07 Å². The first-order valence-corrected chi connectivity index (χ1v) is 7.95. The number of amides is 3. The molecule has 1 fully saturated rings. The van der Waals surface area contributed by atoms with Gasteiger partial charge in [0.05, 0.1) is 5.56 Å². The lowest BCUT2D eigenvalue weighted by Crippen LogP contribution is -2.32. The number of anilines is 2. The molecule has 0 radical (unpaired) electrons. The largest absolute Gasteiger partial charge is 0.325 e. The van der Waals surface area contributed by atoms with Gasteiger partial charge in [0.2, 0.25) is 0 Å². The normalized spacial score (nSPS) is 13.6. The molecule has 3 amide bonds. The number of nitrogens with one attached hydrogen (secondary N) is 2. The predicted molar refractivity (Wildman–Crippen MR) is 90.6 cm³/mol. The molecule has 0 saturated carbocycles. The maximum Gasteiger partial charge on any atom is 0.321 e. The highest BCUT2D eigenvalue weighted by Gasteiger charge is 2.18. The van der Waals surface area contributed by atoms with Gasteiger partial charge in [-0.25, -0.2) is 13.6 Å². The first-order valence-electron chi connectivity index (χ1n) is 7.95. The van der Waals surface area contributed by atoms with Crippen LogP contribution in [0.3, 0.4) is 0 Å². The minimum atomic E-state index is -0.808. The van der Waals surface area contributed by atoms with Gasteiger partial charge in [0.1, 0.15) is 11.6 Å². The minimum absolute atomic E-state index is 0.197. The standard InChI is InChI=1S/C18H17F2N3O2/c19-12-6-7-16(20)15(10-12)17(24)21-13-4-3-5-14(11-13)22-18(25)23-8-1-2-9-23/h3-7,10-11H,1-2,8-9H2,(H,21,24)(H,22,25). The molecule has 2 N–H and O–H groups in total. The smallest absolute Gasteiger partial charge is 0.321 e. The molecule has 0 bridgehead atoms. The Bertz CT molecular complexity index is 805. The molecule has 5 nitrogen and oxygen atoms in total. The molecule has 130 valence electrons. The van der Waals surface area contributed by atoms with Crippen molar-refractivity contribution in [3.05, 3.63) is 59.7 Å². The fraction of sp³-hybridized carbons (Fsp3) is 0.222. The molecule has 1 aliphatic heterocycles.